The molecule has 0 spiro atoms. The average Bonchev–Trinajstić information content (AvgIpc) is 1.91. The van der Waals surface area contributed by atoms with Gasteiger partial charge in [-0.05, 0) is 22.2 Å². The molecule has 0 aromatic carbocycles. The van der Waals surface area contributed by atoms with E-state index in [2.05, 4.69) is 62.3 Å². The van der Waals surface area contributed by atoms with Gasteiger partial charge in [-0.1, -0.05) is 62.3 Å². The Bertz CT molecular complexity index is 200. The van der Waals surface area contributed by atoms with Crippen molar-refractivity contribution in [2.45, 2.75) is 68.4 Å². The maximum absolute atomic E-state index is 5.97. The van der Waals surface area contributed by atoms with Crippen LogP contribution in [0.15, 0.2) is 0 Å². The molecule has 0 fully saturated rings. The topological polar surface area (TPSA) is 9.23 Å². The van der Waals surface area contributed by atoms with Gasteiger partial charge in [0.05, 0.1) is 6.10 Å². The molecule has 0 bridgehead atoms. The van der Waals surface area contributed by atoms with Crippen molar-refractivity contribution in [3.63, 3.8) is 0 Å². The molecule has 0 amide bonds. The molecule has 0 radical (unpaired) electrons. The summed E-state index contributed by atoms with van der Waals surface area (Å²) in [5, 5.41) is 0. The van der Waals surface area contributed by atoms with E-state index in [0.29, 0.717) is 12.0 Å². The Morgan fingerprint density at radius 1 is 0.688 bits per heavy atom. The first-order valence-electron chi connectivity index (χ1n) is 6.34. The molecule has 2 heteroatoms. The Morgan fingerprint density at radius 3 is 1.06 bits per heavy atom. The molecule has 0 aromatic heterocycles. The third-order valence-corrected chi connectivity index (χ3v) is 3.78. The minimum absolute atomic E-state index is 0.215. The monoisotopic (exact) mass is 244 g/mol. The smallest absolute Gasteiger partial charge is 0.146 e. The van der Waals surface area contributed by atoms with Gasteiger partial charge in [0.25, 0.3) is 0 Å². The van der Waals surface area contributed by atoms with E-state index in [-0.39, 0.29) is 16.2 Å². The highest BCUT2D eigenvalue weighted by atomic mass is 28.2. The molecule has 0 aliphatic carbocycles. The fourth-order valence-electron chi connectivity index (χ4n) is 3.20. The zero-order valence-electron chi connectivity index (χ0n) is 13.1. The fraction of sp³-hybridized carbons (Fsp3) is 1.00. The number of rotatable bonds is 2. The maximum Gasteiger partial charge on any atom is 0.146 e. The predicted molar refractivity (Wildman–Crippen MR) is 76.7 cm³/mol. The number of hydrogen-bond donors (Lipinski definition) is 0. The fourth-order valence-corrected chi connectivity index (χ4v) is 4.18. The van der Waals surface area contributed by atoms with Crippen LogP contribution in [0.25, 0.3) is 0 Å². The second kappa shape index (κ2) is 4.81. The molecule has 1 atom stereocenters. The van der Waals surface area contributed by atoms with Gasteiger partial charge < -0.3 is 4.43 Å². The lowest BCUT2D eigenvalue weighted by Crippen LogP contribution is -2.48. The van der Waals surface area contributed by atoms with E-state index in [1.165, 1.54) is 0 Å². The zero-order chi connectivity index (χ0) is 13.4. The molecule has 0 saturated carbocycles. The van der Waals surface area contributed by atoms with Crippen molar-refractivity contribution in [3.05, 3.63) is 0 Å². The summed E-state index contributed by atoms with van der Waals surface area (Å²) >= 11 is 0. The van der Waals surface area contributed by atoms with E-state index in [1.54, 1.807) is 0 Å². The van der Waals surface area contributed by atoms with Crippen molar-refractivity contribution < 1.29 is 4.43 Å². The maximum atomic E-state index is 5.97. The second-order valence-corrected chi connectivity index (χ2v) is 8.70. The van der Waals surface area contributed by atoms with E-state index < -0.39 is 0 Å². The van der Waals surface area contributed by atoms with Crippen molar-refractivity contribution in [1.29, 1.82) is 0 Å². The second-order valence-electron chi connectivity index (χ2n) is 8.23. The normalized spacial score (nSPS) is 16.9. The Morgan fingerprint density at radius 2 is 1.00 bits per heavy atom. The summed E-state index contributed by atoms with van der Waals surface area (Å²) in [6, 6.07) is 0. The lowest BCUT2D eigenvalue weighted by atomic mass is 9.60. The summed E-state index contributed by atoms with van der Waals surface area (Å²) in [7, 11) is 0.818. The van der Waals surface area contributed by atoms with Crippen molar-refractivity contribution in [3.8, 4) is 0 Å². The van der Waals surface area contributed by atoms with E-state index in [4.69, 9.17) is 4.43 Å². The van der Waals surface area contributed by atoms with E-state index >= 15 is 0 Å². The SMILES string of the molecule is CC(C)(C)C(O[SiH3])C(C(C)(C)C)C(C)(C)C. The average molecular weight is 244 g/mol. The van der Waals surface area contributed by atoms with Crippen LogP contribution in [0.3, 0.4) is 0 Å². The van der Waals surface area contributed by atoms with Crippen molar-refractivity contribution >= 4 is 10.5 Å². The van der Waals surface area contributed by atoms with Crippen LogP contribution in [0, 0.1) is 22.2 Å². The molecule has 0 aliphatic rings. The quantitative estimate of drug-likeness (QED) is 0.677. The molecule has 0 rings (SSSR count). The van der Waals surface area contributed by atoms with Crippen LogP contribution in [0.4, 0.5) is 0 Å². The molecule has 0 heterocycles. The van der Waals surface area contributed by atoms with Gasteiger partial charge in [-0.25, -0.2) is 0 Å². The zero-order valence-corrected chi connectivity index (χ0v) is 15.1. The molecule has 98 valence electrons. The molecular weight excluding hydrogens is 212 g/mol. The van der Waals surface area contributed by atoms with Crippen LogP contribution >= 0.6 is 0 Å². The summed E-state index contributed by atoms with van der Waals surface area (Å²) in [5.74, 6) is 0.567. The highest BCUT2D eigenvalue weighted by Crippen LogP contribution is 2.47. The van der Waals surface area contributed by atoms with E-state index in [0.717, 1.165) is 10.5 Å². The van der Waals surface area contributed by atoms with Crippen molar-refractivity contribution in [1.82, 2.24) is 0 Å². The first-order chi connectivity index (χ1) is 6.81. The largest absolute Gasteiger partial charge is 0.424 e. The first kappa shape index (κ1) is 16.2. The molecule has 16 heavy (non-hydrogen) atoms. The summed E-state index contributed by atoms with van der Waals surface area (Å²) in [6.45, 7) is 20.9. The summed E-state index contributed by atoms with van der Waals surface area (Å²) < 4.78 is 5.97. The highest BCUT2D eigenvalue weighted by molar-refractivity contribution is 5.98. The Balaban J connectivity index is 5.35. The molecule has 0 saturated heterocycles. The van der Waals surface area contributed by atoms with Gasteiger partial charge in [-0.2, -0.15) is 0 Å². The summed E-state index contributed by atoms with van der Waals surface area (Å²) in [6.07, 6.45) is 0.346. The molecule has 1 nitrogen and oxygen atoms in total. The molecule has 0 aliphatic heterocycles. The van der Waals surface area contributed by atoms with Crippen LogP contribution in [-0.2, 0) is 4.43 Å². The molecular formula is C14H32OSi. The van der Waals surface area contributed by atoms with Crippen molar-refractivity contribution in [2.75, 3.05) is 0 Å². The lowest BCUT2D eigenvalue weighted by Gasteiger charge is -2.49. The van der Waals surface area contributed by atoms with Gasteiger partial charge in [0.15, 0.2) is 0 Å². The van der Waals surface area contributed by atoms with E-state index in [9.17, 15) is 0 Å². The Kier molecular flexibility index (Phi) is 4.87. The van der Waals surface area contributed by atoms with Crippen LogP contribution in [-0.4, -0.2) is 16.6 Å². The molecule has 0 N–H and O–H groups in total. The van der Waals surface area contributed by atoms with Crippen LogP contribution in [0.1, 0.15) is 62.3 Å². The first-order valence-corrected chi connectivity index (χ1v) is 7.16. The van der Waals surface area contributed by atoms with Gasteiger partial charge in [-0.3, -0.25) is 0 Å². The van der Waals surface area contributed by atoms with Gasteiger partial charge in [0.1, 0.15) is 10.5 Å². The van der Waals surface area contributed by atoms with Crippen LogP contribution < -0.4 is 0 Å². The standard InChI is InChI=1S/C14H32OSi/c1-12(2,3)10(13(4,5)6)11(15-16)14(7,8)9/h10-11H,1-9,16H3. The molecule has 0 aromatic rings. The minimum Gasteiger partial charge on any atom is -0.424 e. The summed E-state index contributed by atoms with van der Waals surface area (Å²) in [5.41, 5.74) is 0.772. The third-order valence-electron chi connectivity index (χ3n) is 3.28. The van der Waals surface area contributed by atoms with Gasteiger partial charge >= 0.3 is 0 Å². The van der Waals surface area contributed by atoms with Gasteiger partial charge in [0.2, 0.25) is 0 Å². The number of hydrogen-bond acceptors (Lipinski definition) is 1. The Hall–Kier alpha value is 0.177. The summed E-state index contributed by atoms with van der Waals surface area (Å²) in [4.78, 5) is 0. The van der Waals surface area contributed by atoms with Gasteiger partial charge in [-0.15, -0.1) is 0 Å². The Labute approximate surface area is 106 Å². The minimum atomic E-state index is 0.215. The van der Waals surface area contributed by atoms with Crippen LogP contribution in [0.5, 0.6) is 0 Å². The van der Waals surface area contributed by atoms with E-state index in [1.807, 2.05) is 0 Å². The molecule has 1 unspecified atom stereocenters. The highest BCUT2D eigenvalue weighted by Gasteiger charge is 2.44. The predicted octanol–water partition coefficient (Wildman–Crippen LogP) is 3.41. The van der Waals surface area contributed by atoms with Crippen molar-refractivity contribution in [2.24, 2.45) is 22.2 Å². The lowest BCUT2D eigenvalue weighted by molar-refractivity contribution is -0.0607. The van der Waals surface area contributed by atoms with Crippen LogP contribution in [0.2, 0.25) is 0 Å². The van der Waals surface area contributed by atoms with Gasteiger partial charge in [0, 0.05) is 0 Å². The third kappa shape index (κ3) is 4.21.